The van der Waals surface area contributed by atoms with Crippen molar-refractivity contribution < 1.29 is 19.4 Å². The molecule has 106 valence electrons. The van der Waals surface area contributed by atoms with Crippen LogP contribution >= 0.6 is 0 Å². The van der Waals surface area contributed by atoms with Gasteiger partial charge in [0, 0.05) is 37.6 Å². The third-order valence-corrected chi connectivity index (χ3v) is 3.66. The molecule has 1 aliphatic heterocycles. The van der Waals surface area contributed by atoms with Gasteiger partial charge in [-0.25, -0.2) is 9.78 Å². The Bertz CT molecular complexity index is 644. The maximum atomic E-state index is 11.2. The van der Waals surface area contributed by atoms with Crippen LogP contribution in [0.4, 0.5) is 0 Å². The molecule has 1 saturated heterocycles. The number of pyridine rings is 1. The molecular weight excluding hydrogens is 260 g/mol. The monoisotopic (exact) mass is 276 g/mol. The number of methoxy groups -OCH3 is 1. The molecule has 6 heteroatoms. The Morgan fingerprint density at radius 3 is 2.85 bits per heavy atom. The van der Waals surface area contributed by atoms with Crippen LogP contribution in [0.3, 0.4) is 0 Å². The lowest BCUT2D eigenvalue weighted by Gasteiger charge is -2.19. The summed E-state index contributed by atoms with van der Waals surface area (Å²) in [5.74, 6) is -0.304. The summed E-state index contributed by atoms with van der Waals surface area (Å²) in [5.41, 5.74) is 1.82. The third-order valence-electron chi connectivity index (χ3n) is 3.66. The first-order chi connectivity index (χ1) is 9.69. The molecule has 2 aromatic rings. The summed E-state index contributed by atoms with van der Waals surface area (Å²) in [6.45, 7) is 1.50. The van der Waals surface area contributed by atoms with Crippen molar-refractivity contribution in [3.8, 4) is 5.75 Å². The predicted octanol–water partition coefficient (Wildman–Crippen LogP) is 1.94. The van der Waals surface area contributed by atoms with E-state index in [0.717, 1.165) is 31.7 Å². The van der Waals surface area contributed by atoms with Crippen molar-refractivity contribution >= 4 is 11.6 Å². The fraction of sp³-hybridized carbons (Fsp3) is 0.429. The SMILES string of the molecule is COc1cc2nc(C3CCOCC3)cn2cc1C(=O)O. The van der Waals surface area contributed by atoms with Crippen LogP contribution < -0.4 is 4.74 Å². The van der Waals surface area contributed by atoms with E-state index >= 15 is 0 Å². The van der Waals surface area contributed by atoms with E-state index in [1.54, 1.807) is 16.7 Å². The molecule has 0 atom stereocenters. The second-order valence-electron chi connectivity index (χ2n) is 4.88. The van der Waals surface area contributed by atoms with Crippen molar-refractivity contribution in [3.63, 3.8) is 0 Å². The topological polar surface area (TPSA) is 73.1 Å². The minimum Gasteiger partial charge on any atom is -0.496 e. The Labute approximate surface area is 116 Å². The van der Waals surface area contributed by atoms with Crippen LogP contribution in [-0.2, 0) is 4.74 Å². The zero-order valence-corrected chi connectivity index (χ0v) is 11.2. The number of carboxylic acids is 1. The van der Waals surface area contributed by atoms with Gasteiger partial charge in [-0.05, 0) is 12.8 Å². The molecule has 3 heterocycles. The fourth-order valence-corrected chi connectivity index (χ4v) is 2.55. The molecule has 0 spiro atoms. The minimum absolute atomic E-state index is 0.135. The van der Waals surface area contributed by atoms with E-state index in [1.165, 1.54) is 7.11 Å². The second kappa shape index (κ2) is 5.13. The molecule has 0 aromatic carbocycles. The standard InChI is InChI=1S/C14H16N2O4/c1-19-12-6-13-15-11(9-2-4-20-5-3-9)8-16(13)7-10(12)14(17)18/h6-9H,2-5H2,1H3,(H,17,18). The van der Waals surface area contributed by atoms with Gasteiger partial charge in [0.25, 0.3) is 0 Å². The van der Waals surface area contributed by atoms with Crippen LogP contribution in [0.2, 0.25) is 0 Å². The lowest BCUT2D eigenvalue weighted by atomic mass is 9.97. The molecule has 0 bridgehead atoms. The third kappa shape index (κ3) is 2.22. The second-order valence-corrected chi connectivity index (χ2v) is 4.88. The van der Waals surface area contributed by atoms with Gasteiger partial charge in [-0.1, -0.05) is 0 Å². The van der Waals surface area contributed by atoms with Crippen molar-refractivity contribution in [2.75, 3.05) is 20.3 Å². The van der Waals surface area contributed by atoms with E-state index < -0.39 is 5.97 Å². The average molecular weight is 276 g/mol. The molecule has 1 aliphatic rings. The number of aromatic nitrogens is 2. The number of carbonyl (C=O) groups is 1. The molecule has 6 nitrogen and oxygen atoms in total. The van der Waals surface area contributed by atoms with E-state index in [1.807, 2.05) is 6.20 Å². The van der Waals surface area contributed by atoms with Crippen LogP contribution in [0.25, 0.3) is 5.65 Å². The largest absolute Gasteiger partial charge is 0.496 e. The number of nitrogens with zero attached hydrogens (tertiary/aromatic N) is 2. The van der Waals surface area contributed by atoms with Gasteiger partial charge in [-0.15, -0.1) is 0 Å². The van der Waals surface area contributed by atoms with Gasteiger partial charge in [-0.2, -0.15) is 0 Å². The Kier molecular flexibility index (Phi) is 3.31. The Morgan fingerprint density at radius 1 is 1.45 bits per heavy atom. The highest BCUT2D eigenvalue weighted by Crippen LogP contribution is 2.28. The van der Waals surface area contributed by atoms with E-state index in [-0.39, 0.29) is 5.56 Å². The highest BCUT2D eigenvalue weighted by atomic mass is 16.5. The predicted molar refractivity (Wildman–Crippen MR) is 71.5 cm³/mol. The molecular formula is C14H16N2O4. The van der Waals surface area contributed by atoms with E-state index in [2.05, 4.69) is 4.98 Å². The van der Waals surface area contributed by atoms with Gasteiger partial charge in [0.1, 0.15) is 17.0 Å². The minimum atomic E-state index is -1.01. The number of carboxylic acid groups (broad SMARTS) is 1. The number of rotatable bonds is 3. The van der Waals surface area contributed by atoms with Crippen molar-refractivity contribution in [3.05, 3.63) is 29.7 Å². The first kappa shape index (κ1) is 12.9. The molecule has 3 rings (SSSR count). The molecule has 1 fully saturated rings. The number of imidazole rings is 1. The van der Waals surface area contributed by atoms with Gasteiger partial charge in [0.2, 0.25) is 0 Å². The smallest absolute Gasteiger partial charge is 0.341 e. The van der Waals surface area contributed by atoms with Crippen LogP contribution in [0.15, 0.2) is 18.5 Å². The number of hydrogen-bond donors (Lipinski definition) is 1. The Hall–Kier alpha value is -2.08. The van der Waals surface area contributed by atoms with Gasteiger partial charge >= 0.3 is 5.97 Å². The molecule has 0 aliphatic carbocycles. The summed E-state index contributed by atoms with van der Waals surface area (Å²) in [4.78, 5) is 15.8. The number of ether oxygens (including phenoxy) is 2. The molecule has 2 aromatic heterocycles. The van der Waals surface area contributed by atoms with E-state index in [9.17, 15) is 9.90 Å². The molecule has 0 radical (unpaired) electrons. The lowest BCUT2D eigenvalue weighted by molar-refractivity contribution is 0.0692. The van der Waals surface area contributed by atoms with Crippen LogP contribution in [0.5, 0.6) is 5.75 Å². The zero-order chi connectivity index (χ0) is 14.1. The molecule has 0 unspecified atom stereocenters. The molecule has 20 heavy (non-hydrogen) atoms. The van der Waals surface area contributed by atoms with Crippen molar-refractivity contribution in [2.45, 2.75) is 18.8 Å². The van der Waals surface area contributed by atoms with Crippen LogP contribution in [0.1, 0.15) is 34.8 Å². The summed E-state index contributed by atoms with van der Waals surface area (Å²) < 4.78 is 12.2. The molecule has 0 saturated carbocycles. The van der Waals surface area contributed by atoms with Gasteiger partial charge in [0.15, 0.2) is 0 Å². The molecule has 1 N–H and O–H groups in total. The lowest BCUT2D eigenvalue weighted by Crippen LogP contribution is -2.14. The number of hydrogen-bond acceptors (Lipinski definition) is 4. The van der Waals surface area contributed by atoms with Crippen LogP contribution in [-0.4, -0.2) is 40.8 Å². The van der Waals surface area contributed by atoms with Crippen molar-refractivity contribution in [2.24, 2.45) is 0 Å². The molecule has 0 amide bonds. The van der Waals surface area contributed by atoms with Crippen molar-refractivity contribution in [1.29, 1.82) is 0 Å². The normalized spacial score (nSPS) is 16.4. The van der Waals surface area contributed by atoms with Gasteiger partial charge < -0.3 is 19.0 Å². The van der Waals surface area contributed by atoms with Crippen molar-refractivity contribution in [1.82, 2.24) is 9.38 Å². The first-order valence-electron chi connectivity index (χ1n) is 6.56. The van der Waals surface area contributed by atoms with E-state index in [0.29, 0.717) is 17.3 Å². The highest BCUT2D eigenvalue weighted by molar-refractivity contribution is 5.91. The summed E-state index contributed by atoms with van der Waals surface area (Å²) in [7, 11) is 1.46. The summed E-state index contributed by atoms with van der Waals surface area (Å²) in [6, 6.07) is 1.66. The highest BCUT2D eigenvalue weighted by Gasteiger charge is 2.20. The van der Waals surface area contributed by atoms with Crippen LogP contribution in [0, 0.1) is 0 Å². The summed E-state index contributed by atoms with van der Waals surface area (Å²) in [6.07, 6.45) is 5.35. The Morgan fingerprint density at radius 2 is 2.20 bits per heavy atom. The number of aromatic carboxylic acids is 1. The quantitative estimate of drug-likeness (QED) is 0.927. The summed E-state index contributed by atoms with van der Waals surface area (Å²) in [5, 5.41) is 9.18. The number of fused-ring (bicyclic) bond motifs is 1. The van der Waals surface area contributed by atoms with E-state index in [4.69, 9.17) is 9.47 Å². The maximum Gasteiger partial charge on any atom is 0.341 e. The zero-order valence-electron chi connectivity index (χ0n) is 11.2. The van der Waals surface area contributed by atoms with Gasteiger partial charge in [0.05, 0.1) is 12.8 Å². The average Bonchev–Trinajstić information content (AvgIpc) is 2.89. The van der Waals surface area contributed by atoms with Gasteiger partial charge in [-0.3, -0.25) is 0 Å². The summed E-state index contributed by atoms with van der Waals surface area (Å²) >= 11 is 0. The Balaban J connectivity index is 2.03. The maximum absolute atomic E-state index is 11.2. The fourth-order valence-electron chi connectivity index (χ4n) is 2.55. The first-order valence-corrected chi connectivity index (χ1v) is 6.56.